The van der Waals surface area contributed by atoms with Crippen LogP contribution in [0.1, 0.15) is 32.6 Å². The molecule has 1 amide bonds. The van der Waals surface area contributed by atoms with Gasteiger partial charge in [0.05, 0.1) is 0 Å². The van der Waals surface area contributed by atoms with E-state index >= 15 is 0 Å². The van der Waals surface area contributed by atoms with Gasteiger partial charge in [-0.3, -0.25) is 4.79 Å². The van der Waals surface area contributed by atoms with Gasteiger partial charge in [-0.05, 0) is 172 Å². The molecule has 0 aliphatic carbocycles. The zero-order valence-electron chi connectivity index (χ0n) is 36.4. The van der Waals surface area contributed by atoms with Crippen molar-refractivity contribution in [3.8, 4) is 0 Å². The van der Waals surface area contributed by atoms with Crippen LogP contribution in [0.3, 0.4) is 0 Å². The molecule has 0 aromatic rings. The normalized spacial score (nSPS) is 15.4. The lowest BCUT2D eigenvalue weighted by Crippen LogP contribution is -2.55. The zero-order valence-corrected chi connectivity index (χ0v) is 45.5. The maximum Gasteiger partial charge on any atom is 0.314 e. The van der Waals surface area contributed by atoms with Gasteiger partial charge >= 0.3 is 8.56 Å². The molecule has 0 aliphatic heterocycles. The zero-order chi connectivity index (χ0) is 39.3. The van der Waals surface area contributed by atoms with E-state index in [2.05, 4.69) is 124 Å². The Hall–Kier alpha value is 1.18. The van der Waals surface area contributed by atoms with Gasteiger partial charge in [-0.2, -0.15) is 0 Å². The molecule has 0 rings (SSSR count). The first-order valence-electron chi connectivity index (χ1n) is 19.7. The molecule has 0 spiro atoms. The summed E-state index contributed by atoms with van der Waals surface area (Å²) in [6.07, 6.45) is 2.86. The van der Waals surface area contributed by atoms with Crippen molar-refractivity contribution in [2.45, 2.75) is 192 Å². The van der Waals surface area contributed by atoms with Gasteiger partial charge in [0.25, 0.3) is 0 Å². The molecule has 0 saturated carbocycles. The Labute approximate surface area is 321 Å². The molecule has 50 heavy (non-hydrogen) atoms. The van der Waals surface area contributed by atoms with Crippen molar-refractivity contribution in [3.63, 3.8) is 0 Å². The topological polar surface area (TPSA) is 95.5 Å². The molecule has 0 saturated heterocycles. The maximum absolute atomic E-state index is 12.1. The Balaban J connectivity index is 5.35. The predicted octanol–water partition coefficient (Wildman–Crippen LogP) is 10.2. The fraction of sp³-hybridized carbons (Fsp3) is 0.970. The van der Waals surface area contributed by atoms with E-state index < -0.39 is 75.8 Å². The Kier molecular flexibility index (Phi) is 22.0. The molecule has 0 bridgehead atoms. The van der Waals surface area contributed by atoms with Crippen LogP contribution in [-0.2, 0) is 25.4 Å². The second-order valence-corrected chi connectivity index (χ2v) is 56.8. The van der Waals surface area contributed by atoms with Gasteiger partial charge in [0, 0.05) is 19.6 Å². The summed E-state index contributed by atoms with van der Waals surface area (Å²) in [5.41, 5.74) is 0. The van der Waals surface area contributed by atoms with E-state index in [1.165, 1.54) is 24.2 Å². The van der Waals surface area contributed by atoms with Crippen LogP contribution < -0.4 is 5.32 Å². The molecule has 0 aliphatic rings. The summed E-state index contributed by atoms with van der Waals surface area (Å²) >= 11 is 0. The minimum absolute atomic E-state index is 0.0112. The van der Waals surface area contributed by atoms with Gasteiger partial charge in [-0.1, -0.05) is 13.3 Å². The molecule has 0 radical (unpaired) electrons. The van der Waals surface area contributed by atoms with E-state index in [0.717, 1.165) is 37.0 Å². The highest BCUT2D eigenvalue weighted by molar-refractivity contribution is 6.91. The van der Waals surface area contributed by atoms with Crippen LogP contribution in [0.15, 0.2) is 0 Å². The number of aliphatic hydroxyl groups excluding tert-OH is 1. The lowest BCUT2D eigenvalue weighted by molar-refractivity contribution is -0.121. The second-order valence-electron chi connectivity index (χ2n) is 19.6. The standard InChI is InChI=1S/C33H85NO7Si9/c1-19-25-44(6,7)40-50(18,26-21-23-34-33(36)22-20-24-35)41-49(16,17)32-31-48(14,15)39-47(12,13)30-29-46(10,11)38-45(8,9)28-27-43(4,5)37-42(2)3/h35,42H,19-32H2,1-18H3,(H,34,36). The molecule has 0 aromatic heterocycles. The number of nitrogens with one attached hydrogen (secondary N) is 1. The Morgan fingerprint density at radius 2 is 0.900 bits per heavy atom. The Bertz CT molecular complexity index is 999. The lowest BCUT2D eigenvalue weighted by atomic mass is 10.3. The highest BCUT2D eigenvalue weighted by Gasteiger charge is 2.44. The number of carbonyl (C=O) groups excluding carboxylic acids is 1. The van der Waals surface area contributed by atoms with Gasteiger partial charge in [0.2, 0.25) is 5.91 Å². The summed E-state index contributed by atoms with van der Waals surface area (Å²) in [4.78, 5) is 12.1. The number of aliphatic hydroxyl groups is 1. The van der Waals surface area contributed by atoms with Crippen LogP contribution in [0.2, 0.25) is 160 Å². The van der Waals surface area contributed by atoms with Crippen molar-refractivity contribution in [2.24, 2.45) is 0 Å². The second kappa shape index (κ2) is 21.5. The molecule has 300 valence electrons. The van der Waals surface area contributed by atoms with Crippen LogP contribution in [-0.4, -0.2) is 100.0 Å². The minimum Gasteiger partial charge on any atom is -0.458 e. The SMILES string of the molecule is CCC[Si](C)(C)O[Si](C)(CCCNC(=O)CCCO)O[Si](C)(C)CC[Si](C)(C)O[Si](C)(C)CC[Si](C)(C)O[Si](C)(C)CC[Si](C)(C)O[SiH](C)C. The molecule has 17 heteroatoms. The number of rotatable bonds is 28. The van der Waals surface area contributed by atoms with Gasteiger partial charge in [-0.25, -0.2) is 0 Å². The van der Waals surface area contributed by atoms with E-state index in [4.69, 9.17) is 25.7 Å². The first-order chi connectivity index (χ1) is 22.4. The highest BCUT2D eigenvalue weighted by atomic mass is 28.5. The summed E-state index contributed by atoms with van der Waals surface area (Å²) in [6, 6.07) is 8.97. The van der Waals surface area contributed by atoms with E-state index in [9.17, 15) is 4.79 Å². The lowest BCUT2D eigenvalue weighted by Gasteiger charge is -2.42. The van der Waals surface area contributed by atoms with Crippen molar-refractivity contribution < 1.29 is 30.5 Å². The van der Waals surface area contributed by atoms with Gasteiger partial charge in [0.15, 0.2) is 67.3 Å². The first kappa shape index (κ1) is 51.2. The van der Waals surface area contributed by atoms with Crippen molar-refractivity contribution in [2.75, 3.05) is 13.2 Å². The summed E-state index contributed by atoms with van der Waals surface area (Å²) in [7, 11) is -16.4. The van der Waals surface area contributed by atoms with Crippen LogP contribution >= 0.6 is 0 Å². The van der Waals surface area contributed by atoms with E-state index in [1.807, 2.05) is 0 Å². The fourth-order valence-electron chi connectivity index (χ4n) is 7.16. The van der Waals surface area contributed by atoms with Crippen LogP contribution in [0.4, 0.5) is 0 Å². The summed E-state index contributed by atoms with van der Waals surface area (Å²) in [6.45, 7) is 43.3. The fourth-order valence-corrected chi connectivity index (χ4v) is 54.3. The summed E-state index contributed by atoms with van der Waals surface area (Å²) in [5.74, 6) is 0.0112. The van der Waals surface area contributed by atoms with E-state index in [0.29, 0.717) is 19.4 Å². The number of carbonyl (C=O) groups is 1. The summed E-state index contributed by atoms with van der Waals surface area (Å²) in [5, 5.41) is 12.1. The molecule has 0 heterocycles. The minimum atomic E-state index is -2.47. The molecule has 1 atom stereocenters. The monoisotopic (exact) mass is 859 g/mol. The molecular weight excluding hydrogens is 775 g/mol. The molecule has 2 N–H and O–H groups in total. The van der Waals surface area contributed by atoms with Crippen LogP contribution in [0.5, 0.6) is 0 Å². The quantitative estimate of drug-likeness (QED) is 0.0598. The van der Waals surface area contributed by atoms with Crippen LogP contribution in [0, 0.1) is 0 Å². The Morgan fingerprint density at radius 3 is 1.26 bits per heavy atom. The van der Waals surface area contributed by atoms with Crippen LogP contribution in [0.25, 0.3) is 0 Å². The summed E-state index contributed by atoms with van der Waals surface area (Å²) < 4.78 is 35.0. The van der Waals surface area contributed by atoms with Crippen molar-refractivity contribution >= 4 is 81.7 Å². The van der Waals surface area contributed by atoms with Gasteiger partial charge in [0.1, 0.15) is 0 Å². The average molecular weight is 861 g/mol. The smallest absolute Gasteiger partial charge is 0.314 e. The van der Waals surface area contributed by atoms with Crippen molar-refractivity contribution in [3.05, 3.63) is 0 Å². The largest absolute Gasteiger partial charge is 0.458 e. The third kappa shape index (κ3) is 25.3. The molecule has 1 unspecified atom stereocenters. The molecule has 8 nitrogen and oxygen atoms in total. The maximum atomic E-state index is 12.1. The number of hydrogen-bond donors (Lipinski definition) is 2. The average Bonchev–Trinajstić information content (AvgIpc) is 2.89. The third-order valence-corrected chi connectivity index (χ3v) is 43.5. The number of amides is 1. The number of hydrogen-bond acceptors (Lipinski definition) is 7. The van der Waals surface area contributed by atoms with Gasteiger partial charge < -0.3 is 31.0 Å². The van der Waals surface area contributed by atoms with Gasteiger partial charge in [-0.15, -0.1) is 0 Å². The van der Waals surface area contributed by atoms with Crippen molar-refractivity contribution in [1.82, 2.24) is 5.32 Å². The third-order valence-electron chi connectivity index (χ3n) is 9.18. The van der Waals surface area contributed by atoms with Crippen molar-refractivity contribution in [1.29, 1.82) is 0 Å². The molecule has 0 fully saturated rings. The highest BCUT2D eigenvalue weighted by Crippen LogP contribution is 2.34. The first-order valence-corrected chi connectivity index (χ1v) is 46.9. The Morgan fingerprint density at radius 1 is 0.540 bits per heavy atom. The molecule has 0 aromatic carbocycles. The van der Waals surface area contributed by atoms with E-state index in [1.54, 1.807) is 0 Å². The van der Waals surface area contributed by atoms with E-state index in [-0.39, 0.29) is 12.5 Å². The molecular formula is C33H85NO7Si9. The predicted molar refractivity (Wildman–Crippen MR) is 241 cm³/mol.